The lowest BCUT2D eigenvalue weighted by Crippen LogP contribution is -2.08. The number of furan rings is 2. The van der Waals surface area contributed by atoms with Crippen LogP contribution >= 0.6 is 0 Å². The number of aromatic nitrogens is 2. The lowest BCUT2D eigenvalue weighted by molar-refractivity contribution is 0.100. The summed E-state index contributed by atoms with van der Waals surface area (Å²) in [6.07, 6.45) is 0. The van der Waals surface area contributed by atoms with Crippen molar-refractivity contribution >= 4 is 44.7 Å². The number of nitrogens with zero attached hydrogens (tertiary/aromatic N) is 3. The van der Waals surface area contributed by atoms with Gasteiger partial charge in [0.25, 0.3) is 5.91 Å². The number of hydrogen-bond donors (Lipinski definition) is 0. The second kappa shape index (κ2) is 17.5. The van der Waals surface area contributed by atoms with Crippen molar-refractivity contribution in [2.24, 2.45) is 4.99 Å². The molecule has 326 valence electrons. The smallest absolute Gasteiger partial charge is 0.277 e. The number of aliphatic imine (C=N–C) groups is 1. The van der Waals surface area contributed by atoms with Gasteiger partial charge in [-0.05, 0) is 87.8 Å². The molecular weight excluding hydrogens is 847 g/mol. The number of benzene rings is 9. The third-order valence-electron chi connectivity index (χ3n) is 12.8. The van der Waals surface area contributed by atoms with E-state index in [0.717, 1.165) is 99.9 Å². The topological polar surface area (TPSA) is 81.5 Å². The van der Waals surface area contributed by atoms with Gasteiger partial charge in [-0.15, -0.1) is 0 Å². The lowest BCUT2D eigenvalue weighted by atomic mass is 9.97. The fraction of sp³-hybridized carbons (Fsp3) is 0.0159. The van der Waals surface area contributed by atoms with Crippen LogP contribution in [0.3, 0.4) is 0 Å². The minimum Gasteiger partial charge on any atom is -0.454 e. The Balaban J connectivity index is 0.839. The van der Waals surface area contributed by atoms with Gasteiger partial charge < -0.3 is 8.83 Å². The highest BCUT2D eigenvalue weighted by Gasteiger charge is 2.21. The zero-order valence-electron chi connectivity index (χ0n) is 37.5. The van der Waals surface area contributed by atoms with Crippen molar-refractivity contribution < 1.29 is 13.6 Å². The molecule has 69 heavy (non-hydrogen) atoms. The van der Waals surface area contributed by atoms with E-state index in [9.17, 15) is 4.79 Å². The Morgan fingerprint density at radius 1 is 0.406 bits per heavy atom. The normalized spacial score (nSPS) is 11.7. The highest BCUT2D eigenvalue weighted by atomic mass is 16.3. The standard InChI is InChI=1S/C63H41N3O3/c1-40-53-22-8-10-24-55(53)68-60(40)57(66-63(67)52-21-13-19-50(39-52)42-16-6-3-7-17-42)47-34-30-45(31-35-47)43-26-28-44(29-27-43)46-32-36-48(37-33-46)58-61-59(54-23-9-11-25-56(54)69-61)65-62(64-58)51-20-12-18-49(38-51)41-14-4-2-5-15-41/h2-39H,1H3/b66-57-. The molecule has 0 fully saturated rings. The molecule has 0 spiro atoms. The second-order valence-corrected chi connectivity index (χ2v) is 17.1. The molecule has 0 saturated heterocycles. The van der Waals surface area contributed by atoms with Gasteiger partial charge in [-0.2, -0.15) is 0 Å². The van der Waals surface area contributed by atoms with E-state index >= 15 is 0 Å². The summed E-state index contributed by atoms with van der Waals surface area (Å²) in [6, 6.07) is 77.5. The quantitative estimate of drug-likeness (QED) is 0.135. The Morgan fingerprint density at radius 3 is 1.51 bits per heavy atom. The van der Waals surface area contributed by atoms with Crippen LogP contribution in [-0.4, -0.2) is 21.6 Å². The first-order chi connectivity index (χ1) is 34.0. The van der Waals surface area contributed by atoms with Crippen molar-refractivity contribution in [2.75, 3.05) is 0 Å². The van der Waals surface area contributed by atoms with Crippen LogP contribution in [0.5, 0.6) is 0 Å². The molecule has 6 nitrogen and oxygen atoms in total. The van der Waals surface area contributed by atoms with Gasteiger partial charge >= 0.3 is 0 Å². The summed E-state index contributed by atoms with van der Waals surface area (Å²) in [6.45, 7) is 2.01. The zero-order valence-corrected chi connectivity index (χ0v) is 37.5. The Morgan fingerprint density at radius 2 is 0.884 bits per heavy atom. The molecule has 0 aliphatic carbocycles. The van der Waals surface area contributed by atoms with Crippen LogP contribution in [0.2, 0.25) is 0 Å². The number of fused-ring (bicyclic) bond motifs is 4. The van der Waals surface area contributed by atoms with Crippen molar-refractivity contribution in [3.63, 3.8) is 0 Å². The van der Waals surface area contributed by atoms with E-state index in [0.29, 0.717) is 28.4 Å². The summed E-state index contributed by atoms with van der Waals surface area (Å²) in [4.78, 5) is 29.1. The maximum atomic E-state index is 14.0. The van der Waals surface area contributed by atoms with Gasteiger partial charge in [0.15, 0.2) is 17.2 Å². The molecule has 6 heteroatoms. The average molecular weight is 888 g/mol. The minimum absolute atomic E-state index is 0.343. The zero-order chi connectivity index (χ0) is 46.3. The van der Waals surface area contributed by atoms with E-state index in [4.69, 9.17) is 23.8 Å². The van der Waals surface area contributed by atoms with Crippen LogP contribution in [0.15, 0.2) is 244 Å². The Bertz CT molecular complexity index is 3890. The Hall–Kier alpha value is -9.26. The first kappa shape index (κ1) is 41.2. The number of carbonyl (C=O) groups is 1. The number of aryl methyl sites for hydroxylation is 1. The minimum atomic E-state index is -0.343. The van der Waals surface area contributed by atoms with Gasteiger partial charge in [-0.25, -0.2) is 15.0 Å². The summed E-state index contributed by atoms with van der Waals surface area (Å²) in [5.41, 5.74) is 16.8. The van der Waals surface area contributed by atoms with Gasteiger partial charge in [0.1, 0.15) is 28.1 Å². The summed E-state index contributed by atoms with van der Waals surface area (Å²) in [7, 11) is 0. The Kier molecular flexibility index (Phi) is 10.5. The number of amides is 1. The first-order valence-electron chi connectivity index (χ1n) is 22.9. The summed E-state index contributed by atoms with van der Waals surface area (Å²) >= 11 is 0. The van der Waals surface area contributed by atoms with Crippen molar-refractivity contribution in [3.8, 4) is 67.2 Å². The van der Waals surface area contributed by atoms with Crippen molar-refractivity contribution in [2.45, 2.75) is 6.92 Å². The first-order valence-corrected chi connectivity index (χ1v) is 22.9. The molecule has 0 aliphatic heterocycles. The Labute approximate surface area is 398 Å². The summed E-state index contributed by atoms with van der Waals surface area (Å²) in [5.74, 6) is 0.869. The SMILES string of the molecule is Cc1c(/C(=N\C(=O)c2cccc(-c3ccccc3)c2)c2ccc(-c3ccc(-c4ccc(-c5nc(-c6cccc(-c7ccccc7)c6)nc6c5oc5ccccc56)cc4)cc3)cc2)oc2ccccc12. The summed E-state index contributed by atoms with van der Waals surface area (Å²) in [5, 5.41) is 1.94. The van der Waals surface area contributed by atoms with E-state index in [1.54, 1.807) is 0 Å². The molecule has 12 aromatic rings. The molecule has 3 aromatic heterocycles. The molecule has 0 unspecified atom stereocenters. The maximum Gasteiger partial charge on any atom is 0.277 e. The van der Waals surface area contributed by atoms with Crippen molar-refractivity contribution in [3.05, 3.63) is 253 Å². The van der Waals surface area contributed by atoms with Crippen LogP contribution in [0.25, 0.3) is 100 Å². The molecular formula is C63H41N3O3. The molecule has 0 saturated carbocycles. The van der Waals surface area contributed by atoms with Gasteiger partial charge in [-0.3, -0.25) is 4.79 Å². The summed E-state index contributed by atoms with van der Waals surface area (Å²) < 4.78 is 12.9. The van der Waals surface area contributed by atoms with Crippen LogP contribution in [0.4, 0.5) is 0 Å². The van der Waals surface area contributed by atoms with E-state index in [-0.39, 0.29) is 5.91 Å². The van der Waals surface area contributed by atoms with Crippen LogP contribution in [-0.2, 0) is 0 Å². The number of carbonyl (C=O) groups excluding carboxylic acids is 1. The maximum absolute atomic E-state index is 14.0. The lowest BCUT2D eigenvalue weighted by Gasteiger charge is -2.10. The fourth-order valence-corrected chi connectivity index (χ4v) is 9.16. The van der Waals surface area contributed by atoms with Gasteiger partial charge in [0.05, 0.1) is 0 Å². The highest BCUT2D eigenvalue weighted by molar-refractivity contribution is 6.19. The van der Waals surface area contributed by atoms with E-state index in [2.05, 4.69) is 115 Å². The molecule has 0 bridgehead atoms. The average Bonchev–Trinajstić information content (AvgIpc) is 3.97. The number of hydrogen-bond acceptors (Lipinski definition) is 5. The predicted molar refractivity (Wildman–Crippen MR) is 279 cm³/mol. The molecule has 0 radical (unpaired) electrons. The monoisotopic (exact) mass is 887 g/mol. The van der Waals surface area contributed by atoms with Gasteiger partial charge in [0.2, 0.25) is 0 Å². The third kappa shape index (κ3) is 7.90. The van der Waals surface area contributed by atoms with Gasteiger partial charge in [-0.1, -0.05) is 194 Å². The molecule has 3 heterocycles. The van der Waals surface area contributed by atoms with Gasteiger partial charge in [0, 0.05) is 38.6 Å². The van der Waals surface area contributed by atoms with Crippen LogP contribution in [0.1, 0.15) is 27.2 Å². The predicted octanol–water partition coefficient (Wildman–Crippen LogP) is 16.1. The largest absolute Gasteiger partial charge is 0.454 e. The fourth-order valence-electron chi connectivity index (χ4n) is 9.16. The molecule has 9 aromatic carbocycles. The van der Waals surface area contributed by atoms with Crippen LogP contribution < -0.4 is 0 Å². The molecule has 0 aliphatic rings. The number of para-hydroxylation sites is 2. The molecule has 0 atom stereocenters. The second-order valence-electron chi connectivity index (χ2n) is 17.1. The third-order valence-corrected chi connectivity index (χ3v) is 12.8. The van der Waals surface area contributed by atoms with Crippen LogP contribution in [0, 0.1) is 6.92 Å². The van der Waals surface area contributed by atoms with E-state index < -0.39 is 0 Å². The highest BCUT2D eigenvalue weighted by Crippen LogP contribution is 2.37. The number of rotatable bonds is 9. The van der Waals surface area contributed by atoms with Crippen molar-refractivity contribution in [1.29, 1.82) is 0 Å². The van der Waals surface area contributed by atoms with E-state index in [1.807, 2.05) is 122 Å². The van der Waals surface area contributed by atoms with Crippen molar-refractivity contribution in [1.82, 2.24) is 9.97 Å². The molecule has 0 N–H and O–H groups in total. The molecule has 12 rings (SSSR count). The molecule has 1 amide bonds. The van der Waals surface area contributed by atoms with E-state index in [1.165, 1.54) is 0 Å².